The average molecular weight is 274 g/mol. The zero-order valence-electron chi connectivity index (χ0n) is 9.16. The van der Waals surface area contributed by atoms with Crippen LogP contribution >= 0.6 is 0 Å². The van der Waals surface area contributed by atoms with Gasteiger partial charge in [-0.25, -0.2) is 13.8 Å². The van der Waals surface area contributed by atoms with Gasteiger partial charge in [0.1, 0.15) is 11.5 Å². The Labute approximate surface area is 102 Å². The summed E-state index contributed by atoms with van der Waals surface area (Å²) >= 11 is 0. The summed E-state index contributed by atoms with van der Waals surface area (Å²) < 4.78 is 50.8. The Kier molecular flexibility index (Phi) is 3.01. The molecule has 100 valence electrons. The van der Waals surface area contributed by atoms with Crippen LogP contribution in [0.15, 0.2) is 39.9 Å². The molecule has 0 bridgehead atoms. The molecule has 1 aromatic carbocycles. The van der Waals surface area contributed by atoms with Crippen LogP contribution in [0.3, 0.4) is 0 Å². The second-order valence-corrected chi connectivity index (χ2v) is 3.61. The van der Waals surface area contributed by atoms with Crippen LogP contribution < -0.4 is 11.2 Å². The van der Waals surface area contributed by atoms with Gasteiger partial charge in [-0.15, -0.1) is 0 Å². The number of nitrogens with one attached hydrogen (secondary N) is 1. The summed E-state index contributed by atoms with van der Waals surface area (Å²) in [6.45, 7) is 0. The van der Waals surface area contributed by atoms with Crippen LogP contribution in [0.4, 0.5) is 17.6 Å². The van der Waals surface area contributed by atoms with Crippen molar-refractivity contribution in [1.82, 2.24) is 9.55 Å². The van der Waals surface area contributed by atoms with Gasteiger partial charge in [0.25, 0.3) is 5.56 Å². The summed E-state index contributed by atoms with van der Waals surface area (Å²) in [5.41, 5.74) is -4.51. The minimum Gasteiger partial charge on any atom is -0.303 e. The van der Waals surface area contributed by atoms with Gasteiger partial charge in [-0.1, -0.05) is 12.1 Å². The predicted octanol–water partition coefficient (Wildman–Crippen LogP) is 1.68. The molecular formula is C11H6F4N2O2. The van der Waals surface area contributed by atoms with Crippen LogP contribution in [-0.2, 0) is 6.18 Å². The van der Waals surface area contributed by atoms with Gasteiger partial charge >= 0.3 is 11.9 Å². The first-order chi connectivity index (χ1) is 8.80. The molecule has 0 unspecified atom stereocenters. The van der Waals surface area contributed by atoms with Gasteiger partial charge in [-0.05, 0) is 12.1 Å². The van der Waals surface area contributed by atoms with Gasteiger partial charge in [0.15, 0.2) is 0 Å². The first-order valence-electron chi connectivity index (χ1n) is 4.99. The van der Waals surface area contributed by atoms with Crippen molar-refractivity contribution in [3.8, 4) is 5.69 Å². The minimum atomic E-state index is -4.85. The molecule has 2 aromatic rings. The molecule has 4 nitrogen and oxygen atoms in total. The number of hydrogen-bond donors (Lipinski definition) is 1. The molecule has 0 amide bonds. The Morgan fingerprint density at radius 2 is 1.74 bits per heavy atom. The van der Waals surface area contributed by atoms with E-state index in [2.05, 4.69) is 0 Å². The minimum absolute atomic E-state index is 0.202. The van der Waals surface area contributed by atoms with Gasteiger partial charge in [0.2, 0.25) is 0 Å². The van der Waals surface area contributed by atoms with Crippen LogP contribution in [0, 0.1) is 5.82 Å². The van der Waals surface area contributed by atoms with E-state index in [9.17, 15) is 27.2 Å². The van der Waals surface area contributed by atoms with Crippen molar-refractivity contribution >= 4 is 0 Å². The summed E-state index contributed by atoms with van der Waals surface area (Å²) in [7, 11) is 0. The van der Waals surface area contributed by atoms with Crippen molar-refractivity contribution in [2.24, 2.45) is 0 Å². The molecule has 0 saturated carbocycles. The molecule has 0 aliphatic heterocycles. The zero-order valence-corrected chi connectivity index (χ0v) is 9.16. The number of H-pyrrole nitrogens is 1. The third kappa shape index (κ3) is 2.42. The summed E-state index contributed by atoms with van der Waals surface area (Å²) in [4.78, 5) is 24.5. The maximum atomic E-state index is 13.4. The van der Waals surface area contributed by atoms with E-state index in [-0.39, 0.29) is 6.07 Å². The van der Waals surface area contributed by atoms with E-state index >= 15 is 0 Å². The maximum Gasteiger partial charge on any atom is 0.431 e. The van der Waals surface area contributed by atoms with Crippen LogP contribution in [0.1, 0.15) is 5.69 Å². The molecule has 0 aliphatic carbocycles. The van der Waals surface area contributed by atoms with Crippen LogP contribution in [-0.4, -0.2) is 9.55 Å². The Morgan fingerprint density at radius 1 is 1.11 bits per heavy atom. The molecule has 0 fully saturated rings. The summed E-state index contributed by atoms with van der Waals surface area (Å²) in [5, 5.41) is 0. The Morgan fingerprint density at radius 3 is 2.26 bits per heavy atom. The number of hydrogen-bond acceptors (Lipinski definition) is 2. The summed E-state index contributed by atoms with van der Waals surface area (Å²) in [5.74, 6) is -0.894. The number of halogens is 4. The molecular weight excluding hydrogens is 268 g/mol. The van der Waals surface area contributed by atoms with Gasteiger partial charge in [-0.3, -0.25) is 4.79 Å². The van der Waals surface area contributed by atoms with Crippen molar-refractivity contribution in [2.45, 2.75) is 6.18 Å². The number of aromatic nitrogens is 2. The second-order valence-electron chi connectivity index (χ2n) is 3.61. The van der Waals surface area contributed by atoms with E-state index in [1.807, 2.05) is 0 Å². The highest BCUT2D eigenvalue weighted by Crippen LogP contribution is 2.25. The standard InChI is InChI=1S/C11H6F4N2O2/c12-6-3-1-2-4-7(6)17-9(18)5-8(11(13,14)15)16-10(17)19/h1-5H,(H,16,19). The molecule has 2 rings (SSSR count). The predicted molar refractivity (Wildman–Crippen MR) is 57.6 cm³/mol. The smallest absolute Gasteiger partial charge is 0.303 e. The van der Waals surface area contributed by atoms with Crippen molar-refractivity contribution in [3.63, 3.8) is 0 Å². The molecule has 0 atom stereocenters. The number of aromatic amines is 1. The molecule has 0 aliphatic rings. The molecule has 1 aromatic heterocycles. The second kappa shape index (κ2) is 4.38. The number of nitrogens with zero attached hydrogens (tertiary/aromatic N) is 1. The first-order valence-corrected chi connectivity index (χ1v) is 4.99. The maximum absolute atomic E-state index is 13.4. The lowest BCUT2D eigenvalue weighted by atomic mass is 10.3. The third-order valence-corrected chi connectivity index (χ3v) is 2.33. The molecule has 1 heterocycles. The molecule has 19 heavy (non-hydrogen) atoms. The topological polar surface area (TPSA) is 54.9 Å². The third-order valence-electron chi connectivity index (χ3n) is 2.33. The van der Waals surface area contributed by atoms with E-state index in [1.54, 1.807) is 0 Å². The first kappa shape index (κ1) is 13.1. The average Bonchev–Trinajstić information content (AvgIpc) is 2.29. The van der Waals surface area contributed by atoms with Crippen LogP contribution in [0.2, 0.25) is 0 Å². The van der Waals surface area contributed by atoms with Crippen LogP contribution in [0.25, 0.3) is 5.69 Å². The molecule has 8 heteroatoms. The van der Waals surface area contributed by atoms with Crippen molar-refractivity contribution in [2.75, 3.05) is 0 Å². The lowest BCUT2D eigenvalue weighted by Gasteiger charge is -2.09. The SMILES string of the molecule is O=c1cc(C(F)(F)F)[nH]c(=O)n1-c1ccccc1F. The summed E-state index contributed by atoms with van der Waals surface area (Å²) in [6.07, 6.45) is -4.85. The number of rotatable bonds is 1. The van der Waals surface area contributed by atoms with E-state index in [0.717, 1.165) is 12.1 Å². The fourth-order valence-electron chi connectivity index (χ4n) is 1.51. The largest absolute Gasteiger partial charge is 0.431 e. The number of benzene rings is 1. The van der Waals surface area contributed by atoms with Crippen molar-refractivity contribution in [3.05, 3.63) is 62.7 Å². The highest BCUT2D eigenvalue weighted by atomic mass is 19.4. The highest BCUT2D eigenvalue weighted by molar-refractivity contribution is 5.33. The Bertz CT molecular complexity index is 699. The lowest BCUT2D eigenvalue weighted by molar-refractivity contribution is -0.141. The van der Waals surface area contributed by atoms with Gasteiger partial charge in [0.05, 0.1) is 5.69 Å². The monoisotopic (exact) mass is 274 g/mol. The number of alkyl halides is 3. The molecule has 1 N–H and O–H groups in total. The highest BCUT2D eigenvalue weighted by Gasteiger charge is 2.33. The van der Waals surface area contributed by atoms with E-state index in [4.69, 9.17) is 0 Å². The molecule has 0 radical (unpaired) electrons. The van der Waals surface area contributed by atoms with Gasteiger partial charge in [0, 0.05) is 6.07 Å². The molecule has 0 saturated heterocycles. The van der Waals surface area contributed by atoms with Crippen LogP contribution in [0.5, 0.6) is 0 Å². The zero-order chi connectivity index (χ0) is 14.2. The fraction of sp³-hybridized carbons (Fsp3) is 0.0909. The van der Waals surface area contributed by atoms with Crippen molar-refractivity contribution in [1.29, 1.82) is 0 Å². The van der Waals surface area contributed by atoms with E-state index in [0.29, 0.717) is 4.57 Å². The van der Waals surface area contributed by atoms with Gasteiger partial charge in [-0.2, -0.15) is 13.2 Å². The Balaban J connectivity index is 2.72. The van der Waals surface area contributed by atoms with Gasteiger partial charge < -0.3 is 4.98 Å². The van der Waals surface area contributed by atoms with E-state index in [1.165, 1.54) is 17.1 Å². The van der Waals surface area contributed by atoms with Crippen molar-refractivity contribution < 1.29 is 17.6 Å². The normalized spacial score (nSPS) is 11.6. The summed E-state index contributed by atoms with van der Waals surface area (Å²) in [6, 6.07) is 4.97. The van der Waals surface area contributed by atoms with E-state index < -0.39 is 34.6 Å². The molecule has 0 spiro atoms. The Hall–Kier alpha value is -2.38. The fourth-order valence-corrected chi connectivity index (χ4v) is 1.51. The number of para-hydroxylation sites is 1. The quantitative estimate of drug-likeness (QED) is 0.804. The lowest BCUT2D eigenvalue weighted by Crippen LogP contribution is -2.36.